The van der Waals surface area contributed by atoms with E-state index in [9.17, 15) is 4.79 Å². The zero-order valence-corrected chi connectivity index (χ0v) is 12.7. The summed E-state index contributed by atoms with van der Waals surface area (Å²) < 4.78 is 0. The maximum Gasteiger partial charge on any atom is 0.222 e. The van der Waals surface area contributed by atoms with Crippen LogP contribution in [0.5, 0.6) is 0 Å². The van der Waals surface area contributed by atoms with Crippen molar-refractivity contribution in [3.63, 3.8) is 0 Å². The molecular formula is C17H26N2O. The zero-order valence-electron chi connectivity index (χ0n) is 12.7. The average molecular weight is 274 g/mol. The van der Waals surface area contributed by atoms with Gasteiger partial charge in [-0.3, -0.25) is 4.79 Å². The third kappa shape index (κ3) is 4.34. The third-order valence-electron chi connectivity index (χ3n) is 3.86. The fourth-order valence-electron chi connectivity index (χ4n) is 2.57. The zero-order chi connectivity index (χ0) is 14.4. The summed E-state index contributed by atoms with van der Waals surface area (Å²) in [6.45, 7) is 8.11. The molecule has 0 bridgehead atoms. The first-order chi connectivity index (χ1) is 9.66. The van der Waals surface area contributed by atoms with Crippen LogP contribution in [0.3, 0.4) is 0 Å². The maximum atomic E-state index is 11.7. The smallest absolute Gasteiger partial charge is 0.222 e. The van der Waals surface area contributed by atoms with Gasteiger partial charge in [-0.05, 0) is 36.4 Å². The van der Waals surface area contributed by atoms with Crippen molar-refractivity contribution in [3.8, 4) is 0 Å². The lowest BCUT2D eigenvalue weighted by atomic mass is 10.1. The molecule has 1 N–H and O–H groups in total. The van der Waals surface area contributed by atoms with Gasteiger partial charge in [0.15, 0.2) is 0 Å². The molecule has 3 nitrogen and oxygen atoms in total. The fourth-order valence-corrected chi connectivity index (χ4v) is 2.57. The Kier molecular flexibility index (Phi) is 5.60. The first-order valence-corrected chi connectivity index (χ1v) is 7.72. The van der Waals surface area contributed by atoms with Gasteiger partial charge in [-0.15, -0.1) is 0 Å². The minimum atomic E-state index is 0.299. The summed E-state index contributed by atoms with van der Waals surface area (Å²) in [5.41, 5.74) is 2.59. The highest BCUT2D eigenvalue weighted by molar-refractivity contribution is 5.78. The molecule has 20 heavy (non-hydrogen) atoms. The van der Waals surface area contributed by atoms with Crippen molar-refractivity contribution in [2.24, 2.45) is 5.92 Å². The van der Waals surface area contributed by atoms with E-state index in [0.717, 1.165) is 44.9 Å². The minimum absolute atomic E-state index is 0.299. The molecule has 1 aromatic rings. The van der Waals surface area contributed by atoms with E-state index in [1.807, 2.05) is 4.90 Å². The molecule has 0 saturated carbocycles. The quantitative estimate of drug-likeness (QED) is 0.775. The Morgan fingerprint density at radius 2 is 2.00 bits per heavy atom. The van der Waals surface area contributed by atoms with Gasteiger partial charge in [0.1, 0.15) is 0 Å². The molecule has 3 heteroatoms. The molecule has 110 valence electrons. The molecule has 1 saturated heterocycles. The van der Waals surface area contributed by atoms with Crippen LogP contribution in [0.4, 0.5) is 0 Å². The number of nitrogens with zero attached hydrogens (tertiary/aromatic N) is 1. The van der Waals surface area contributed by atoms with Gasteiger partial charge in [-0.25, -0.2) is 0 Å². The Labute approximate surface area is 122 Å². The number of likely N-dealkylation sites (tertiary alicyclic amines) is 1. The second kappa shape index (κ2) is 7.44. The molecule has 1 aliphatic rings. The average Bonchev–Trinajstić information content (AvgIpc) is 2.82. The number of benzene rings is 1. The van der Waals surface area contributed by atoms with E-state index in [-0.39, 0.29) is 0 Å². The summed E-state index contributed by atoms with van der Waals surface area (Å²) in [5.74, 6) is 1.03. The van der Waals surface area contributed by atoms with E-state index in [1.165, 1.54) is 17.5 Å². The molecule has 0 unspecified atom stereocenters. The summed E-state index contributed by atoms with van der Waals surface area (Å²) in [5, 5.41) is 3.51. The summed E-state index contributed by atoms with van der Waals surface area (Å²) in [6.07, 6.45) is 2.93. The molecule has 1 heterocycles. The Morgan fingerprint density at radius 1 is 1.25 bits per heavy atom. The first-order valence-electron chi connectivity index (χ1n) is 7.72. The van der Waals surface area contributed by atoms with Crippen LogP contribution in [0, 0.1) is 5.92 Å². The summed E-state index contributed by atoms with van der Waals surface area (Å²) in [4.78, 5) is 13.7. The SMILES string of the molecule is CC(C)CCNCc1ccccc1CN1CCCC1=O. The lowest BCUT2D eigenvalue weighted by molar-refractivity contribution is -0.128. The van der Waals surface area contributed by atoms with Gasteiger partial charge in [-0.1, -0.05) is 38.1 Å². The lowest BCUT2D eigenvalue weighted by Gasteiger charge is -2.18. The van der Waals surface area contributed by atoms with Gasteiger partial charge in [0.2, 0.25) is 5.91 Å². The van der Waals surface area contributed by atoms with E-state index in [0.29, 0.717) is 5.91 Å². The van der Waals surface area contributed by atoms with E-state index in [2.05, 4.69) is 43.4 Å². The predicted molar refractivity (Wildman–Crippen MR) is 82.3 cm³/mol. The van der Waals surface area contributed by atoms with Crippen LogP contribution in [-0.4, -0.2) is 23.9 Å². The van der Waals surface area contributed by atoms with Crippen LogP contribution in [0.15, 0.2) is 24.3 Å². The van der Waals surface area contributed by atoms with Crippen LogP contribution in [0.1, 0.15) is 44.2 Å². The monoisotopic (exact) mass is 274 g/mol. The number of hydrogen-bond acceptors (Lipinski definition) is 2. The number of hydrogen-bond donors (Lipinski definition) is 1. The van der Waals surface area contributed by atoms with Crippen molar-refractivity contribution in [1.29, 1.82) is 0 Å². The predicted octanol–water partition coefficient (Wildman–Crippen LogP) is 2.94. The number of nitrogens with one attached hydrogen (secondary N) is 1. The lowest BCUT2D eigenvalue weighted by Crippen LogP contribution is -2.25. The van der Waals surface area contributed by atoms with Crippen molar-refractivity contribution in [2.45, 2.75) is 46.2 Å². The minimum Gasteiger partial charge on any atom is -0.338 e. The largest absolute Gasteiger partial charge is 0.338 e. The number of carbonyl (C=O) groups excluding carboxylic acids is 1. The second-order valence-corrected chi connectivity index (χ2v) is 6.05. The summed E-state index contributed by atoms with van der Waals surface area (Å²) >= 11 is 0. The Morgan fingerprint density at radius 3 is 2.65 bits per heavy atom. The third-order valence-corrected chi connectivity index (χ3v) is 3.86. The van der Waals surface area contributed by atoms with Crippen LogP contribution in [0.2, 0.25) is 0 Å². The van der Waals surface area contributed by atoms with Gasteiger partial charge in [-0.2, -0.15) is 0 Å². The normalized spacial score (nSPS) is 15.3. The second-order valence-electron chi connectivity index (χ2n) is 6.05. The standard InChI is InChI=1S/C17H26N2O/c1-14(2)9-10-18-12-15-6-3-4-7-16(15)13-19-11-5-8-17(19)20/h3-4,6-7,14,18H,5,8-13H2,1-2H3. The van der Waals surface area contributed by atoms with Gasteiger partial charge in [0, 0.05) is 26.1 Å². The molecule has 1 amide bonds. The molecule has 0 atom stereocenters. The van der Waals surface area contributed by atoms with Crippen molar-refractivity contribution < 1.29 is 4.79 Å². The van der Waals surface area contributed by atoms with Gasteiger partial charge in [0.25, 0.3) is 0 Å². The van der Waals surface area contributed by atoms with Crippen LogP contribution >= 0.6 is 0 Å². The van der Waals surface area contributed by atoms with Crippen molar-refractivity contribution in [3.05, 3.63) is 35.4 Å². The molecule has 1 fully saturated rings. The van der Waals surface area contributed by atoms with E-state index < -0.39 is 0 Å². The Hall–Kier alpha value is -1.35. The Balaban J connectivity index is 1.90. The fraction of sp³-hybridized carbons (Fsp3) is 0.588. The number of rotatable bonds is 7. The number of amides is 1. The molecule has 1 aromatic carbocycles. The van der Waals surface area contributed by atoms with E-state index in [1.54, 1.807) is 0 Å². The van der Waals surface area contributed by atoms with Crippen LogP contribution < -0.4 is 5.32 Å². The molecule has 0 aromatic heterocycles. The molecule has 0 aliphatic carbocycles. The van der Waals surface area contributed by atoms with E-state index in [4.69, 9.17) is 0 Å². The number of carbonyl (C=O) groups is 1. The summed E-state index contributed by atoms with van der Waals surface area (Å²) in [7, 11) is 0. The molecule has 0 spiro atoms. The highest BCUT2D eigenvalue weighted by Crippen LogP contribution is 2.17. The van der Waals surface area contributed by atoms with Crippen molar-refractivity contribution in [1.82, 2.24) is 10.2 Å². The Bertz CT molecular complexity index is 442. The molecule has 1 aliphatic heterocycles. The van der Waals surface area contributed by atoms with Crippen molar-refractivity contribution >= 4 is 5.91 Å². The molecule has 0 radical (unpaired) electrons. The molecular weight excluding hydrogens is 248 g/mol. The molecule has 2 rings (SSSR count). The maximum absolute atomic E-state index is 11.7. The summed E-state index contributed by atoms with van der Waals surface area (Å²) in [6, 6.07) is 8.45. The van der Waals surface area contributed by atoms with Crippen LogP contribution in [0.25, 0.3) is 0 Å². The van der Waals surface area contributed by atoms with E-state index >= 15 is 0 Å². The van der Waals surface area contributed by atoms with Crippen LogP contribution in [-0.2, 0) is 17.9 Å². The first kappa shape index (κ1) is 15.0. The highest BCUT2D eigenvalue weighted by Gasteiger charge is 2.20. The highest BCUT2D eigenvalue weighted by atomic mass is 16.2. The topological polar surface area (TPSA) is 32.3 Å². The van der Waals surface area contributed by atoms with Crippen molar-refractivity contribution in [2.75, 3.05) is 13.1 Å². The van der Waals surface area contributed by atoms with Gasteiger partial charge < -0.3 is 10.2 Å². The van der Waals surface area contributed by atoms with Gasteiger partial charge in [0.05, 0.1) is 0 Å². The van der Waals surface area contributed by atoms with Gasteiger partial charge >= 0.3 is 0 Å².